The van der Waals surface area contributed by atoms with Crippen LogP contribution in [0.3, 0.4) is 0 Å². The SMILES string of the molecule is [2H]C([2H])([2H])N(CCC(=O)O)S(=O)(=O)c1ccc([N+](=O)[O-])cc1. The van der Waals surface area contributed by atoms with Crippen LogP contribution in [0.25, 0.3) is 0 Å². The lowest BCUT2D eigenvalue weighted by Gasteiger charge is -2.15. The zero-order valence-electron chi connectivity index (χ0n) is 12.5. The maximum atomic E-state index is 12.3. The molecule has 1 N–H and O–H groups in total. The highest BCUT2D eigenvalue weighted by molar-refractivity contribution is 7.89. The van der Waals surface area contributed by atoms with Gasteiger partial charge in [0.1, 0.15) is 0 Å². The van der Waals surface area contributed by atoms with E-state index in [9.17, 15) is 23.3 Å². The van der Waals surface area contributed by atoms with Gasteiger partial charge < -0.3 is 5.11 Å². The highest BCUT2D eigenvalue weighted by Crippen LogP contribution is 2.18. The Balaban J connectivity index is 3.21. The molecule has 0 saturated heterocycles. The topological polar surface area (TPSA) is 118 Å². The van der Waals surface area contributed by atoms with E-state index in [4.69, 9.17) is 9.22 Å². The summed E-state index contributed by atoms with van der Waals surface area (Å²) in [5.41, 5.74) is -0.357. The van der Waals surface area contributed by atoms with Crippen LogP contribution in [-0.4, -0.2) is 42.2 Å². The number of nitro benzene ring substituents is 1. The second-order valence-electron chi connectivity index (χ2n) is 3.47. The molecular formula is C10H12N2O6S. The average Bonchev–Trinajstić information content (AvgIpc) is 2.36. The highest BCUT2D eigenvalue weighted by Gasteiger charge is 2.21. The number of carboxylic acid groups (broad SMARTS) is 1. The van der Waals surface area contributed by atoms with E-state index < -0.39 is 45.8 Å². The molecule has 0 aromatic heterocycles. The van der Waals surface area contributed by atoms with Gasteiger partial charge in [0, 0.05) is 29.8 Å². The lowest BCUT2D eigenvalue weighted by molar-refractivity contribution is -0.384. The molecule has 1 aromatic carbocycles. The number of hydrogen-bond acceptors (Lipinski definition) is 5. The molecule has 0 aliphatic rings. The van der Waals surface area contributed by atoms with Gasteiger partial charge in [-0.1, -0.05) is 0 Å². The van der Waals surface area contributed by atoms with Crippen LogP contribution in [0, 0.1) is 10.1 Å². The molecule has 0 bridgehead atoms. The Bertz CT molecular complexity index is 671. The minimum Gasteiger partial charge on any atom is -0.481 e. The second kappa shape index (κ2) is 5.76. The Kier molecular flexibility index (Phi) is 3.30. The molecule has 104 valence electrons. The average molecular weight is 291 g/mol. The van der Waals surface area contributed by atoms with Gasteiger partial charge in [-0.05, 0) is 12.1 Å². The number of aliphatic carboxylic acids is 1. The summed E-state index contributed by atoms with van der Waals surface area (Å²) in [5, 5.41) is 19.1. The fraction of sp³-hybridized carbons (Fsp3) is 0.300. The number of nitro groups is 1. The van der Waals surface area contributed by atoms with E-state index in [1.807, 2.05) is 0 Å². The molecule has 0 fully saturated rings. The molecule has 8 nitrogen and oxygen atoms in total. The number of benzene rings is 1. The molecule has 0 saturated carbocycles. The van der Waals surface area contributed by atoms with Gasteiger partial charge in [0.2, 0.25) is 10.0 Å². The third-order valence-electron chi connectivity index (χ3n) is 2.16. The van der Waals surface area contributed by atoms with Crippen LogP contribution in [0.4, 0.5) is 5.69 Å². The van der Waals surface area contributed by atoms with E-state index in [0.29, 0.717) is 0 Å². The number of hydrogen-bond donors (Lipinski definition) is 1. The van der Waals surface area contributed by atoms with Gasteiger partial charge in [-0.15, -0.1) is 0 Å². The minimum absolute atomic E-state index is 0.0787. The Morgan fingerprint density at radius 2 is 2.05 bits per heavy atom. The van der Waals surface area contributed by atoms with Crippen molar-refractivity contribution >= 4 is 21.7 Å². The van der Waals surface area contributed by atoms with E-state index in [1.54, 1.807) is 0 Å². The first-order valence-corrected chi connectivity index (χ1v) is 6.39. The van der Waals surface area contributed by atoms with E-state index in [0.717, 1.165) is 24.3 Å². The van der Waals surface area contributed by atoms with Crippen LogP contribution in [0.5, 0.6) is 0 Å². The van der Waals surface area contributed by atoms with Gasteiger partial charge in [-0.3, -0.25) is 14.9 Å². The Labute approximate surface area is 113 Å². The number of sulfonamides is 1. The van der Waals surface area contributed by atoms with Crippen molar-refractivity contribution in [1.82, 2.24) is 4.31 Å². The maximum absolute atomic E-state index is 12.3. The number of nitrogens with zero attached hydrogens (tertiary/aromatic N) is 2. The van der Waals surface area contributed by atoms with Crippen molar-refractivity contribution in [2.24, 2.45) is 0 Å². The first-order chi connectivity index (χ1) is 9.96. The summed E-state index contributed by atoms with van der Waals surface area (Å²) in [4.78, 5) is 19.9. The van der Waals surface area contributed by atoms with Crippen LogP contribution in [0.1, 0.15) is 10.5 Å². The van der Waals surface area contributed by atoms with Crippen molar-refractivity contribution in [3.05, 3.63) is 34.4 Å². The molecule has 9 heteroatoms. The van der Waals surface area contributed by atoms with Crippen molar-refractivity contribution in [2.75, 3.05) is 13.5 Å². The molecule has 0 aliphatic heterocycles. The number of carbonyl (C=O) groups is 1. The summed E-state index contributed by atoms with van der Waals surface area (Å²) in [7, 11) is -4.51. The summed E-state index contributed by atoms with van der Waals surface area (Å²) in [5.74, 6) is -1.35. The zero-order valence-corrected chi connectivity index (χ0v) is 10.3. The molecule has 0 amide bonds. The van der Waals surface area contributed by atoms with Crippen molar-refractivity contribution in [3.63, 3.8) is 0 Å². The molecule has 0 heterocycles. The highest BCUT2D eigenvalue weighted by atomic mass is 32.2. The lowest BCUT2D eigenvalue weighted by atomic mass is 10.3. The van der Waals surface area contributed by atoms with Crippen molar-refractivity contribution in [1.29, 1.82) is 0 Å². The van der Waals surface area contributed by atoms with Crippen molar-refractivity contribution in [2.45, 2.75) is 11.3 Å². The summed E-state index contributed by atoms with van der Waals surface area (Å²) in [6.45, 7) is -3.82. The Morgan fingerprint density at radius 1 is 1.47 bits per heavy atom. The fourth-order valence-corrected chi connectivity index (χ4v) is 2.25. The molecule has 0 aliphatic carbocycles. The van der Waals surface area contributed by atoms with Crippen LogP contribution in [0.15, 0.2) is 29.2 Å². The zero-order chi connectivity index (χ0) is 17.1. The van der Waals surface area contributed by atoms with Crippen LogP contribution < -0.4 is 0 Å². The van der Waals surface area contributed by atoms with Crippen molar-refractivity contribution < 1.29 is 27.4 Å². The summed E-state index contributed by atoms with van der Waals surface area (Å²) >= 11 is 0. The second-order valence-corrected chi connectivity index (χ2v) is 5.33. The maximum Gasteiger partial charge on any atom is 0.304 e. The predicted octanol–water partition coefficient (Wildman–Crippen LogP) is 0.690. The monoisotopic (exact) mass is 291 g/mol. The largest absolute Gasteiger partial charge is 0.481 e. The molecule has 0 radical (unpaired) electrons. The standard InChI is InChI=1S/C10H12N2O6S/c1-11(7-6-10(13)14)19(17,18)9-4-2-8(3-5-9)12(15)16/h2-5H,6-7H2,1H3,(H,13,14)/i1D3. The summed E-state index contributed by atoms with van der Waals surface area (Å²) in [6, 6.07) is 3.63. The molecule has 0 unspecified atom stereocenters. The predicted molar refractivity (Wildman–Crippen MR) is 65.2 cm³/mol. The first kappa shape index (κ1) is 10.9. The molecule has 0 atom stereocenters. The fourth-order valence-electron chi connectivity index (χ4n) is 1.18. The van der Waals surface area contributed by atoms with Gasteiger partial charge in [-0.2, -0.15) is 0 Å². The van der Waals surface area contributed by atoms with Gasteiger partial charge in [0.05, 0.1) is 16.2 Å². The molecule has 1 rings (SSSR count). The lowest BCUT2D eigenvalue weighted by Crippen LogP contribution is -2.29. The molecule has 0 spiro atoms. The molecule has 1 aromatic rings. The third kappa shape index (κ3) is 3.73. The minimum atomic E-state index is -4.51. The number of rotatable bonds is 6. The molecule has 19 heavy (non-hydrogen) atoms. The van der Waals surface area contributed by atoms with E-state index in [1.165, 1.54) is 0 Å². The first-order valence-electron chi connectivity index (χ1n) is 6.45. The Hall–Kier alpha value is -2.00. The summed E-state index contributed by atoms with van der Waals surface area (Å²) in [6.07, 6.45) is -0.690. The summed E-state index contributed by atoms with van der Waals surface area (Å²) < 4.78 is 46.3. The van der Waals surface area contributed by atoms with Crippen molar-refractivity contribution in [3.8, 4) is 0 Å². The van der Waals surface area contributed by atoms with E-state index in [2.05, 4.69) is 0 Å². The van der Waals surface area contributed by atoms with Gasteiger partial charge in [0.25, 0.3) is 5.69 Å². The van der Waals surface area contributed by atoms with Gasteiger partial charge >= 0.3 is 5.97 Å². The number of carboxylic acids is 1. The van der Waals surface area contributed by atoms with Gasteiger partial charge in [0.15, 0.2) is 0 Å². The quantitative estimate of drug-likeness (QED) is 0.608. The third-order valence-corrected chi connectivity index (χ3v) is 3.80. The smallest absolute Gasteiger partial charge is 0.304 e. The normalized spacial score (nSPS) is 14.5. The molecular weight excluding hydrogens is 276 g/mol. The number of non-ortho nitro benzene ring substituents is 1. The van der Waals surface area contributed by atoms with Crippen LogP contribution in [0.2, 0.25) is 0 Å². The Morgan fingerprint density at radius 3 is 2.47 bits per heavy atom. The van der Waals surface area contributed by atoms with Gasteiger partial charge in [-0.25, -0.2) is 12.7 Å². The van der Waals surface area contributed by atoms with E-state index >= 15 is 0 Å². The van der Waals surface area contributed by atoms with Crippen LogP contribution >= 0.6 is 0 Å². The van der Waals surface area contributed by atoms with Crippen LogP contribution in [-0.2, 0) is 14.8 Å². The van der Waals surface area contributed by atoms with E-state index in [-0.39, 0.29) is 9.99 Å².